The Labute approximate surface area is 61.8 Å². The van der Waals surface area contributed by atoms with Gasteiger partial charge in [0, 0.05) is 6.42 Å². The highest BCUT2D eigenvalue weighted by Gasteiger charge is 2.26. The Morgan fingerprint density at radius 3 is 2.80 bits per heavy atom. The van der Waals surface area contributed by atoms with E-state index in [-0.39, 0.29) is 0 Å². The highest BCUT2D eigenvalue weighted by atomic mass is 16.3. The van der Waals surface area contributed by atoms with Crippen molar-refractivity contribution in [2.24, 2.45) is 5.92 Å². The maximum atomic E-state index is 9.40. The zero-order valence-corrected chi connectivity index (χ0v) is 6.27. The van der Waals surface area contributed by atoms with Gasteiger partial charge in [-0.3, -0.25) is 0 Å². The molecule has 0 heterocycles. The molecule has 1 nitrogen and oxygen atoms in total. The lowest BCUT2D eigenvalue weighted by molar-refractivity contribution is 0.390. The van der Waals surface area contributed by atoms with Gasteiger partial charge in [-0.1, -0.05) is 6.42 Å². The third kappa shape index (κ3) is 0.845. The van der Waals surface area contributed by atoms with Gasteiger partial charge >= 0.3 is 0 Å². The molecule has 56 valence electrons. The van der Waals surface area contributed by atoms with Gasteiger partial charge in [0.15, 0.2) is 0 Å². The summed E-state index contributed by atoms with van der Waals surface area (Å²) in [5.41, 5.74) is 1.39. The van der Waals surface area contributed by atoms with Crippen LogP contribution in [0.15, 0.2) is 11.3 Å². The Morgan fingerprint density at radius 1 is 1.10 bits per heavy atom. The summed E-state index contributed by atoms with van der Waals surface area (Å²) in [6.45, 7) is 0. The highest BCUT2D eigenvalue weighted by Crippen LogP contribution is 2.40. The summed E-state index contributed by atoms with van der Waals surface area (Å²) in [7, 11) is 0. The summed E-state index contributed by atoms with van der Waals surface area (Å²) in [5, 5.41) is 9.40. The molecule has 1 N–H and O–H groups in total. The predicted molar refractivity (Wildman–Crippen MR) is 40.8 cm³/mol. The molecule has 0 aliphatic heterocycles. The van der Waals surface area contributed by atoms with Crippen molar-refractivity contribution < 1.29 is 5.11 Å². The molecule has 0 radical (unpaired) electrons. The first-order chi connectivity index (χ1) is 4.88. The van der Waals surface area contributed by atoms with Crippen LogP contribution in [0.25, 0.3) is 0 Å². The van der Waals surface area contributed by atoms with E-state index in [0.29, 0.717) is 0 Å². The smallest absolute Gasteiger partial charge is 0.0917 e. The normalized spacial score (nSPS) is 32.6. The Bertz CT molecular complexity index is 170. The van der Waals surface area contributed by atoms with Gasteiger partial charge in [-0.05, 0) is 37.2 Å². The van der Waals surface area contributed by atoms with Gasteiger partial charge in [-0.2, -0.15) is 0 Å². The standard InChI is InChI=1S/C9H14O/c10-9-6-5-7-3-1-2-4-8(7)9/h7,10H,1-6H2/t7-/m1/s1. The molecule has 0 saturated heterocycles. The number of rotatable bonds is 0. The summed E-state index contributed by atoms with van der Waals surface area (Å²) in [6.07, 6.45) is 7.37. The van der Waals surface area contributed by atoms with E-state index in [1.54, 1.807) is 0 Å². The molecule has 2 aliphatic carbocycles. The van der Waals surface area contributed by atoms with Gasteiger partial charge in [0.1, 0.15) is 0 Å². The van der Waals surface area contributed by atoms with Gasteiger partial charge in [0.05, 0.1) is 5.76 Å². The van der Waals surface area contributed by atoms with Crippen molar-refractivity contribution in [2.75, 3.05) is 0 Å². The Kier molecular flexibility index (Phi) is 1.44. The van der Waals surface area contributed by atoms with Crippen LogP contribution in [0.3, 0.4) is 0 Å². The van der Waals surface area contributed by atoms with Crippen LogP contribution >= 0.6 is 0 Å². The third-order valence-electron chi connectivity index (χ3n) is 2.84. The van der Waals surface area contributed by atoms with Crippen LogP contribution in [0, 0.1) is 5.92 Å². The van der Waals surface area contributed by atoms with Crippen molar-refractivity contribution in [3.8, 4) is 0 Å². The van der Waals surface area contributed by atoms with Gasteiger partial charge in [-0.25, -0.2) is 0 Å². The van der Waals surface area contributed by atoms with Gasteiger partial charge < -0.3 is 5.11 Å². The molecule has 1 fully saturated rings. The lowest BCUT2D eigenvalue weighted by Gasteiger charge is -2.19. The second-order valence-corrected chi connectivity index (χ2v) is 3.45. The largest absolute Gasteiger partial charge is 0.512 e. The molecule has 0 bridgehead atoms. The molecule has 0 spiro atoms. The van der Waals surface area contributed by atoms with Crippen LogP contribution in [0.4, 0.5) is 0 Å². The molecule has 1 heteroatoms. The molecule has 1 atom stereocenters. The first-order valence-electron chi connectivity index (χ1n) is 4.29. The number of fused-ring (bicyclic) bond motifs is 1. The van der Waals surface area contributed by atoms with E-state index in [1.807, 2.05) is 0 Å². The van der Waals surface area contributed by atoms with Gasteiger partial charge in [0.25, 0.3) is 0 Å². The minimum absolute atomic E-state index is 0.727. The van der Waals surface area contributed by atoms with Crippen molar-refractivity contribution in [3.05, 3.63) is 11.3 Å². The number of aliphatic hydroxyl groups excluding tert-OH is 1. The van der Waals surface area contributed by atoms with Crippen LogP contribution < -0.4 is 0 Å². The van der Waals surface area contributed by atoms with Crippen LogP contribution in [0.2, 0.25) is 0 Å². The molecule has 0 amide bonds. The summed E-state index contributed by atoms with van der Waals surface area (Å²) in [5.74, 6) is 1.50. The zero-order valence-electron chi connectivity index (χ0n) is 6.27. The zero-order chi connectivity index (χ0) is 6.97. The molecule has 10 heavy (non-hydrogen) atoms. The molecular weight excluding hydrogens is 124 g/mol. The van der Waals surface area contributed by atoms with Crippen molar-refractivity contribution in [2.45, 2.75) is 38.5 Å². The number of allylic oxidation sites excluding steroid dienone is 2. The topological polar surface area (TPSA) is 20.2 Å². The summed E-state index contributed by atoms with van der Waals surface area (Å²) in [4.78, 5) is 0. The highest BCUT2D eigenvalue weighted by molar-refractivity contribution is 5.18. The lowest BCUT2D eigenvalue weighted by atomic mass is 9.86. The Morgan fingerprint density at radius 2 is 2.00 bits per heavy atom. The first-order valence-corrected chi connectivity index (χ1v) is 4.29. The first kappa shape index (κ1) is 6.26. The van der Waals surface area contributed by atoms with Gasteiger partial charge in [-0.15, -0.1) is 0 Å². The second kappa shape index (κ2) is 2.30. The Hall–Kier alpha value is -0.460. The third-order valence-corrected chi connectivity index (χ3v) is 2.84. The van der Waals surface area contributed by atoms with Crippen LogP contribution in [0.5, 0.6) is 0 Å². The number of aliphatic hydroxyl groups is 1. The SMILES string of the molecule is OC1=C2CCCC[C@@H]2CC1. The van der Waals surface area contributed by atoms with Gasteiger partial charge in [0.2, 0.25) is 0 Å². The predicted octanol–water partition coefficient (Wildman–Crippen LogP) is 2.78. The average Bonchev–Trinajstić information content (AvgIpc) is 2.34. The van der Waals surface area contributed by atoms with E-state index in [0.717, 1.165) is 18.1 Å². The molecule has 0 aromatic rings. The fraction of sp³-hybridized carbons (Fsp3) is 0.778. The Balaban J connectivity index is 2.18. The van der Waals surface area contributed by atoms with E-state index >= 15 is 0 Å². The minimum Gasteiger partial charge on any atom is -0.512 e. The van der Waals surface area contributed by atoms with Crippen molar-refractivity contribution >= 4 is 0 Å². The summed E-state index contributed by atoms with van der Waals surface area (Å²) < 4.78 is 0. The maximum absolute atomic E-state index is 9.40. The monoisotopic (exact) mass is 138 g/mol. The van der Waals surface area contributed by atoms with E-state index in [2.05, 4.69) is 0 Å². The fourth-order valence-electron chi connectivity index (χ4n) is 2.25. The lowest BCUT2D eigenvalue weighted by Crippen LogP contribution is -2.05. The molecule has 2 rings (SSSR count). The fourth-order valence-corrected chi connectivity index (χ4v) is 2.25. The quantitative estimate of drug-likeness (QED) is 0.545. The van der Waals surface area contributed by atoms with Crippen LogP contribution in [-0.2, 0) is 0 Å². The molecular formula is C9H14O. The molecule has 0 aromatic carbocycles. The van der Waals surface area contributed by atoms with E-state index in [4.69, 9.17) is 0 Å². The maximum Gasteiger partial charge on any atom is 0.0917 e. The summed E-state index contributed by atoms with van der Waals surface area (Å²) in [6, 6.07) is 0. The minimum atomic E-state index is 0.727. The van der Waals surface area contributed by atoms with Crippen molar-refractivity contribution in [1.82, 2.24) is 0 Å². The van der Waals surface area contributed by atoms with Crippen molar-refractivity contribution in [3.63, 3.8) is 0 Å². The molecule has 1 saturated carbocycles. The average molecular weight is 138 g/mol. The van der Waals surface area contributed by atoms with Crippen LogP contribution in [0.1, 0.15) is 38.5 Å². The number of hydrogen-bond acceptors (Lipinski definition) is 1. The summed E-state index contributed by atoms with van der Waals surface area (Å²) >= 11 is 0. The van der Waals surface area contributed by atoms with Crippen molar-refractivity contribution in [1.29, 1.82) is 0 Å². The second-order valence-electron chi connectivity index (χ2n) is 3.45. The number of hydrogen-bond donors (Lipinski definition) is 1. The molecule has 2 aliphatic rings. The van der Waals surface area contributed by atoms with E-state index in [9.17, 15) is 5.11 Å². The molecule has 0 unspecified atom stereocenters. The van der Waals surface area contributed by atoms with E-state index in [1.165, 1.54) is 37.7 Å². The van der Waals surface area contributed by atoms with E-state index < -0.39 is 0 Å². The van der Waals surface area contributed by atoms with Crippen LogP contribution in [-0.4, -0.2) is 5.11 Å². The molecule has 0 aromatic heterocycles.